The zero-order chi connectivity index (χ0) is 21.4. The van der Waals surface area contributed by atoms with Crippen LogP contribution in [0, 0.1) is 10.1 Å². The molecule has 0 atom stereocenters. The van der Waals surface area contributed by atoms with Gasteiger partial charge < -0.3 is 24.3 Å². The first-order valence-electron chi connectivity index (χ1n) is 8.50. The predicted octanol–water partition coefficient (Wildman–Crippen LogP) is 2.81. The maximum absolute atomic E-state index is 12.3. The zero-order valence-corrected chi connectivity index (χ0v) is 16.1. The number of rotatable bonds is 9. The predicted molar refractivity (Wildman–Crippen MR) is 103 cm³/mol. The molecule has 0 radical (unpaired) electrons. The molecule has 1 N–H and O–H groups in total. The Morgan fingerprint density at radius 3 is 2.34 bits per heavy atom. The molecule has 2 aromatic carbocycles. The van der Waals surface area contributed by atoms with Crippen molar-refractivity contribution >= 4 is 23.3 Å². The van der Waals surface area contributed by atoms with Crippen LogP contribution in [0.15, 0.2) is 36.4 Å². The Labute approximate surface area is 166 Å². The lowest BCUT2D eigenvalue weighted by Crippen LogP contribution is -2.21. The van der Waals surface area contributed by atoms with Gasteiger partial charge >= 0.3 is 5.97 Å². The number of hydrogen-bond donors (Lipinski definition) is 1. The second-order valence-corrected chi connectivity index (χ2v) is 5.53. The third kappa shape index (κ3) is 5.34. The summed E-state index contributed by atoms with van der Waals surface area (Å²) in [5.41, 5.74) is -0.489. The topological polar surface area (TPSA) is 126 Å². The second-order valence-electron chi connectivity index (χ2n) is 5.53. The highest BCUT2D eigenvalue weighted by Crippen LogP contribution is 2.34. The fourth-order valence-electron chi connectivity index (χ4n) is 2.43. The van der Waals surface area contributed by atoms with E-state index in [1.54, 1.807) is 31.2 Å². The Morgan fingerprint density at radius 2 is 1.72 bits per heavy atom. The number of esters is 1. The van der Waals surface area contributed by atoms with Crippen molar-refractivity contribution in [1.82, 2.24) is 0 Å². The van der Waals surface area contributed by atoms with Crippen LogP contribution < -0.4 is 19.5 Å². The first-order valence-corrected chi connectivity index (χ1v) is 8.50. The minimum Gasteiger partial charge on any atom is -0.493 e. The third-order valence-corrected chi connectivity index (χ3v) is 3.71. The van der Waals surface area contributed by atoms with Crippen LogP contribution in [0.3, 0.4) is 0 Å². The van der Waals surface area contributed by atoms with E-state index >= 15 is 0 Å². The average Bonchev–Trinajstić information content (AvgIpc) is 2.72. The van der Waals surface area contributed by atoms with Crippen molar-refractivity contribution in [1.29, 1.82) is 0 Å². The molecule has 0 spiro atoms. The first-order chi connectivity index (χ1) is 13.9. The minimum absolute atomic E-state index is 0.0843. The highest BCUT2D eigenvalue weighted by Gasteiger charge is 2.26. The van der Waals surface area contributed by atoms with Crippen molar-refractivity contribution < 1.29 is 33.5 Å². The molecular formula is C19H20N2O8. The molecule has 0 fully saturated rings. The molecule has 154 valence electrons. The molecule has 0 aromatic heterocycles. The molecule has 1 amide bonds. The van der Waals surface area contributed by atoms with Gasteiger partial charge in [0, 0.05) is 6.07 Å². The molecule has 0 saturated heterocycles. The number of methoxy groups -OCH3 is 2. The van der Waals surface area contributed by atoms with Gasteiger partial charge in [-0.2, -0.15) is 0 Å². The van der Waals surface area contributed by atoms with Crippen LogP contribution in [0.25, 0.3) is 0 Å². The molecule has 0 aliphatic heterocycles. The molecule has 0 aliphatic carbocycles. The Morgan fingerprint density at radius 1 is 1.07 bits per heavy atom. The Bertz CT molecular complexity index is 913. The van der Waals surface area contributed by atoms with Crippen LogP contribution in [0.2, 0.25) is 0 Å². The van der Waals surface area contributed by atoms with Crippen LogP contribution in [0.5, 0.6) is 17.2 Å². The van der Waals surface area contributed by atoms with Crippen molar-refractivity contribution in [2.45, 2.75) is 6.92 Å². The number of hydrogen-bond acceptors (Lipinski definition) is 8. The van der Waals surface area contributed by atoms with Gasteiger partial charge in [-0.3, -0.25) is 14.9 Å². The van der Waals surface area contributed by atoms with Gasteiger partial charge in [0.05, 0.1) is 37.5 Å². The van der Waals surface area contributed by atoms with E-state index in [2.05, 4.69) is 5.32 Å². The first kappa shape index (κ1) is 21.5. The summed E-state index contributed by atoms with van der Waals surface area (Å²) in [6.45, 7) is 1.56. The number of amides is 1. The van der Waals surface area contributed by atoms with Gasteiger partial charge in [0.25, 0.3) is 11.6 Å². The van der Waals surface area contributed by atoms with Gasteiger partial charge in [0.15, 0.2) is 18.1 Å². The van der Waals surface area contributed by atoms with Gasteiger partial charge in [-0.1, -0.05) is 12.1 Å². The van der Waals surface area contributed by atoms with Crippen molar-refractivity contribution in [3.05, 3.63) is 52.1 Å². The maximum atomic E-state index is 12.3. The monoisotopic (exact) mass is 404 g/mol. The Kier molecular flexibility index (Phi) is 7.35. The summed E-state index contributed by atoms with van der Waals surface area (Å²) in [7, 11) is 2.63. The van der Waals surface area contributed by atoms with E-state index in [1.807, 2.05) is 0 Å². The van der Waals surface area contributed by atoms with E-state index < -0.39 is 29.1 Å². The lowest BCUT2D eigenvalue weighted by Gasteiger charge is -2.12. The summed E-state index contributed by atoms with van der Waals surface area (Å²) >= 11 is 0. The number of ether oxygens (including phenoxy) is 4. The Balaban J connectivity index is 2.13. The van der Waals surface area contributed by atoms with E-state index in [1.165, 1.54) is 14.2 Å². The maximum Gasteiger partial charge on any atom is 0.345 e. The summed E-state index contributed by atoms with van der Waals surface area (Å²) < 4.78 is 20.4. The van der Waals surface area contributed by atoms with Crippen molar-refractivity contribution in [2.75, 3.05) is 32.8 Å². The average molecular weight is 404 g/mol. The largest absolute Gasteiger partial charge is 0.493 e. The van der Waals surface area contributed by atoms with Crippen molar-refractivity contribution in [3.63, 3.8) is 0 Å². The minimum atomic E-state index is -1.05. The molecule has 10 nitrogen and oxygen atoms in total. The third-order valence-electron chi connectivity index (χ3n) is 3.71. The highest BCUT2D eigenvalue weighted by molar-refractivity contribution is 5.98. The molecular weight excluding hydrogens is 384 g/mol. The molecule has 2 aromatic rings. The highest BCUT2D eigenvalue weighted by atomic mass is 16.6. The summed E-state index contributed by atoms with van der Waals surface area (Å²) in [4.78, 5) is 35.0. The van der Waals surface area contributed by atoms with Crippen molar-refractivity contribution in [2.24, 2.45) is 0 Å². The lowest BCUT2D eigenvalue weighted by atomic mass is 10.1. The van der Waals surface area contributed by atoms with E-state index in [0.717, 1.165) is 12.1 Å². The van der Waals surface area contributed by atoms with Gasteiger partial charge in [0.2, 0.25) is 0 Å². The molecule has 0 unspecified atom stereocenters. The van der Waals surface area contributed by atoms with Gasteiger partial charge in [0.1, 0.15) is 11.3 Å². The van der Waals surface area contributed by atoms with Crippen LogP contribution >= 0.6 is 0 Å². The lowest BCUT2D eigenvalue weighted by molar-refractivity contribution is -0.385. The smallest absolute Gasteiger partial charge is 0.345 e. The van der Waals surface area contributed by atoms with Crippen LogP contribution in [0.1, 0.15) is 17.3 Å². The molecule has 2 rings (SSSR count). The molecule has 29 heavy (non-hydrogen) atoms. The van der Waals surface area contributed by atoms with Crippen molar-refractivity contribution in [3.8, 4) is 17.2 Å². The van der Waals surface area contributed by atoms with E-state index in [9.17, 15) is 19.7 Å². The summed E-state index contributed by atoms with van der Waals surface area (Å²) in [5.74, 6) is -1.02. The van der Waals surface area contributed by atoms with Gasteiger partial charge in [-0.05, 0) is 19.1 Å². The molecule has 0 saturated carbocycles. The molecule has 0 heterocycles. The van der Waals surface area contributed by atoms with Gasteiger partial charge in [-0.15, -0.1) is 0 Å². The number of nitrogens with zero attached hydrogens (tertiary/aromatic N) is 1. The number of benzene rings is 2. The standard InChI is InChI=1S/C19H20N2O8/c1-4-28-15-8-6-5-7-13(15)20-18(22)11-29-19(23)12-9-16(26-2)17(27-3)10-14(12)21(24)25/h5-10H,4,11H2,1-3H3,(H,20,22). The zero-order valence-electron chi connectivity index (χ0n) is 16.1. The van der Waals surface area contributed by atoms with Crippen LogP contribution in [-0.4, -0.2) is 44.2 Å². The Hall–Kier alpha value is -3.82. The summed E-state index contributed by atoms with van der Waals surface area (Å²) in [6, 6.07) is 8.94. The summed E-state index contributed by atoms with van der Waals surface area (Å²) in [6.07, 6.45) is 0. The number of carbonyl (C=O) groups is 2. The quantitative estimate of drug-likeness (QED) is 0.384. The fourth-order valence-corrected chi connectivity index (χ4v) is 2.43. The number of carbonyl (C=O) groups excluding carboxylic acids is 2. The van der Waals surface area contributed by atoms with E-state index in [4.69, 9.17) is 18.9 Å². The van der Waals surface area contributed by atoms with E-state index in [-0.39, 0.29) is 17.1 Å². The van der Waals surface area contributed by atoms with E-state index in [0.29, 0.717) is 18.0 Å². The van der Waals surface area contributed by atoms with Crippen LogP contribution in [0.4, 0.5) is 11.4 Å². The number of nitro benzene ring substituents is 1. The molecule has 0 aliphatic rings. The SMILES string of the molecule is CCOc1ccccc1NC(=O)COC(=O)c1cc(OC)c(OC)cc1[N+](=O)[O-]. The molecule has 0 bridgehead atoms. The number of nitro groups is 1. The van der Waals surface area contributed by atoms with Crippen LogP contribution in [-0.2, 0) is 9.53 Å². The number of nitrogens with one attached hydrogen (secondary N) is 1. The number of anilines is 1. The number of para-hydroxylation sites is 2. The molecule has 10 heteroatoms. The fraction of sp³-hybridized carbons (Fsp3) is 0.263. The second kappa shape index (κ2) is 9.93. The normalized spacial score (nSPS) is 10.0. The summed E-state index contributed by atoms with van der Waals surface area (Å²) in [5, 5.41) is 13.8. The van der Waals surface area contributed by atoms with Gasteiger partial charge in [-0.25, -0.2) is 4.79 Å².